The van der Waals surface area contributed by atoms with Gasteiger partial charge in [-0.1, -0.05) is 43.8 Å². The summed E-state index contributed by atoms with van der Waals surface area (Å²) in [7, 11) is -4.36. The van der Waals surface area contributed by atoms with E-state index in [0.29, 0.717) is 6.54 Å². The summed E-state index contributed by atoms with van der Waals surface area (Å²) in [5, 5.41) is -1.18. The van der Waals surface area contributed by atoms with Gasteiger partial charge >= 0.3 is 0 Å². The quantitative estimate of drug-likeness (QED) is 0.489. The molecule has 0 saturated heterocycles. The Kier molecular flexibility index (Phi) is 6.31. The van der Waals surface area contributed by atoms with Gasteiger partial charge in [0.1, 0.15) is 11.1 Å². The Bertz CT molecular complexity index is 1180. The Hall–Kier alpha value is -2.42. The lowest BCUT2D eigenvalue weighted by molar-refractivity contribution is 0.461. The van der Waals surface area contributed by atoms with Gasteiger partial charge in [-0.15, -0.1) is 0 Å². The highest BCUT2D eigenvalue weighted by Crippen LogP contribution is 2.50. The van der Waals surface area contributed by atoms with E-state index in [2.05, 4.69) is 53.0 Å². The molecule has 1 atom stereocenters. The number of hydrogen-bond donors (Lipinski definition) is 1. The monoisotopic (exact) mass is 455 g/mol. The van der Waals surface area contributed by atoms with Gasteiger partial charge in [0.05, 0.1) is 11.4 Å². The van der Waals surface area contributed by atoms with Crippen molar-refractivity contribution in [1.82, 2.24) is 9.97 Å². The van der Waals surface area contributed by atoms with Crippen molar-refractivity contribution in [2.24, 2.45) is 0 Å². The van der Waals surface area contributed by atoms with Gasteiger partial charge in [0.15, 0.2) is 0 Å². The summed E-state index contributed by atoms with van der Waals surface area (Å²) in [6.45, 7) is 4.70. The number of hydrogen-bond acceptors (Lipinski definition) is 6. The average Bonchev–Trinajstić information content (AvgIpc) is 2.77. The summed E-state index contributed by atoms with van der Waals surface area (Å²) in [4.78, 5) is 12.7. The maximum atomic E-state index is 12.1. The fourth-order valence-electron chi connectivity index (χ4n) is 3.90. The molecule has 3 aromatic rings. The van der Waals surface area contributed by atoms with E-state index in [-0.39, 0.29) is 12.2 Å². The maximum absolute atomic E-state index is 12.1. The zero-order chi connectivity index (χ0) is 22.0. The second-order valence-electron chi connectivity index (χ2n) is 7.43. The van der Waals surface area contributed by atoms with Crippen LogP contribution in [0.2, 0.25) is 0 Å². The first-order valence-electron chi connectivity index (χ1n) is 10.4. The third-order valence-electron chi connectivity index (χ3n) is 5.50. The summed E-state index contributed by atoms with van der Waals surface area (Å²) in [6.07, 6.45) is 4.99. The normalized spacial score (nSPS) is 14.1. The lowest BCUT2D eigenvalue weighted by atomic mass is 10.0. The van der Waals surface area contributed by atoms with Crippen molar-refractivity contribution >= 4 is 33.3 Å². The molecular formula is C23H25N3O3S2. The van der Waals surface area contributed by atoms with Gasteiger partial charge in [-0.05, 0) is 54.7 Å². The number of fused-ring (bicyclic) bond motifs is 2. The van der Waals surface area contributed by atoms with Crippen molar-refractivity contribution in [3.63, 3.8) is 0 Å². The minimum absolute atomic E-state index is 0.112. The van der Waals surface area contributed by atoms with Crippen LogP contribution in [-0.2, 0) is 23.0 Å². The SMILES string of the molecule is CCc1cc(CC)c2c(c1)N(CCC(c1ncccn1)S(=O)(=O)O)c1ccccc1S2. The molecule has 0 aliphatic carbocycles. The van der Waals surface area contributed by atoms with Crippen molar-refractivity contribution in [3.05, 3.63) is 71.8 Å². The molecule has 0 amide bonds. The van der Waals surface area contributed by atoms with Gasteiger partial charge in [-0.3, -0.25) is 4.55 Å². The average molecular weight is 456 g/mol. The van der Waals surface area contributed by atoms with E-state index in [4.69, 9.17) is 0 Å². The van der Waals surface area contributed by atoms with E-state index in [0.717, 1.165) is 29.1 Å². The van der Waals surface area contributed by atoms with Crippen LogP contribution in [-0.4, -0.2) is 29.5 Å². The van der Waals surface area contributed by atoms with Crippen molar-refractivity contribution in [1.29, 1.82) is 0 Å². The van der Waals surface area contributed by atoms with Crippen LogP contribution in [0.5, 0.6) is 0 Å². The summed E-state index contributed by atoms with van der Waals surface area (Å²) >= 11 is 1.76. The van der Waals surface area contributed by atoms with Gasteiger partial charge in [0, 0.05) is 28.7 Å². The van der Waals surface area contributed by atoms with Gasteiger partial charge in [0.25, 0.3) is 10.1 Å². The standard InChI is InChI=1S/C23H25N3O3S2/c1-3-16-14-17(4-2)22-19(15-16)26(18-8-5-6-9-20(18)30-22)13-10-21(31(27,28)29)23-24-11-7-12-25-23/h5-9,11-12,14-15,21H,3-4,10,13H2,1-2H3,(H,27,28,29). The Morgan fingerprint density at radius 2 is 1.77 bits per heavy atom. The molecule has 0 radical (unpaired) electrons. The fourth-order valence-corrected chi connectivity index (χ4v) is 5.95. The van der Waals surface area contributed by atoms with E-state index >= 15 is 0 Å². The van der Waals surface area contributed by atoms with Gasteiger partial charge in [0.2, 0.25) is 0 Å². The highest BCUT2D eigenvalue weighted by Gasteiger charge is 2.31. The minimum Gasteiger partial charge on any atom is -0.340 e. The number of aromatic nitrogens is 2. The third kappa shape index (κ3) is 4.46. The number of para-hydroxylation sites is 1. The number of benzene rings is 2. The van der Waals surface area contributed by atoms with Crippen LogP contribution in [0.15, 0.2) is 64.6 Å². The minimum atomic E-state index is -4.36. The van der Waals surface area contributed by atoms with Crippen molar-refractivity contribution < 1.29 is 13.0 Å². The molecule has 2 aromatic carbocycles. The largest absolute Gasteiger partial charge is 0.340 e. The van der Waals surface area contributed by atoms with Crippen LogP contribution in [0.25, 0.3) is 0 Å². The molecule has 0 saturated carbocycles. The van der Waals surface area contributed by atoms with E-state index in [1.165, 1.54) is 28.4 Å². The molecule has 1 aromatic heterocycles. The van der Waals surface area contributed by atoms with E-state index in [1.54, 1.807) is 17.8 Å². The molecule has 0 spiro atoms. The predicted octanol–water partition coefficient (Wildman–Crippen LogP) is 5.22. The summed E-state index contributed by atoms with van der Waals surface area (Å²) in [5.74, 6) is 0.112. The van der Waals surface area contributed by atoms with Crippen LogP contribution in [0.4, 0.5) is 11.4 Å². The lowest BCUT2D eigenvalue weighted by Crippen LogP contribution is -2.26. The Balaban J connectivity index is 1.76. The topological polar surface area (TPSA) is 83.4 Å². The molecule has 8 heteroatoms. The molecule has 1 aliphatic rings. The highest BCUT2D eigenvalue weighted by atomic mass is 32.2. The summed E-state index contributed by atoms with van der Waals surface area (Å²) in [6, 6.07) is 14.2. The van der Waals surface area contributed by atoms with E-state index in [9.17, 15) is 13.0 Å². The lowest BCUT2D eigenvalue weighted by Gasteiger charge is -2.35. The second kappa shape index (κ2) is 8.98. The summed E-state index contributed by atoms with van der Waals surface area (Å²) < 4.78 is 34.2. The smallest absolute Gasteiger partial charge is 0.275 e. The van der Waals surface area contributed by atoms with Gasteiger partial charge in [-0.2, -0.15) is 8.42 Å². The van der Waals surface area contributed by atoms with Gasteiger partial charge in [-0.25, -0.2) is 9.97 Å². The maximum Gasteiger partial charge on any atom is 0.275 e. The molecule has 1 aliphatic heterocycles. The van der Waals surface area contributed by atoms with Crippen LogP contribution in [0.1, 0.15) is 42.5 Å². The molecule has 31 heavy (non-hydrogen) atoms. The molecule has 2 heterocycles. The number of anilines is 2. The Morgan fingerprint density at radius 3 is 2.45 bits per heavy atom. The van der Waals surface area contributed by atoms with Crippen LogP contribution < -0.4 is 4.90 Å². The number of nitrogens with zero attached hydrogens (tertiary/aromatic N) is 3. The zero-order valence-electron chi connectivity index (χ0n) is 17.5. The van der Waals surface area contributed by atoms with Crippen molar-refractivity contribution in [2.75, 3.05) is 11.4 Å². The fraction of sp³-hybridized carbons (Fsp3) is 0.304. The summed E-state index contributed by atoms with van der Waals surface area (Å²) in [5.41, 5.74) is 4.66. The predicted molar refractivity (Wildman–Crippen MR) is 124 cm³/mol. The molecule has 162 valence electrons. The molecule has 0 bridgehead atoms. The van der Waals surface area contributed by atoms with Crippen LogP contribution in [0, 0.1) is 0 Å². The molecule has 6 nitrogen and oxygen atoms in total. The Labute approximate surface area is 187 Å². The number of rotatable bonds is 7. The van der Waals surface area contributed by atoms with Crippen LogP contribution in [0.3, 0.4) is 0 Å². The third-order valence-corrected chi connectivity index (χ3v) is 7.91. The van der Waals surface area contributed by atoms with Crippen LogP contribution >= 0.6 is 11.8 Å². The first kappa shape index (κ1) is 21.8. The van der Waals surface area contributed by atoms with E-state index in [1.807, 2.05) is 12.1 Å². The number of aryl methyl sites for hydroxylation is 2. The first-order chi connectivity index (χ1) is 14.9. The molecular weight excluding hydrogens is 430 g/mol. The molecule has 1 unspecified atom stereocenters. The Morgan fingerprint density at radius 1 is 1.03 bits per heavy atom. The molecule has 0 fully saturated rings. The van der Waals surface area contributed by atoms with Crippen molar-refractivity contribution in [3.8, 4) is 0 Å². The van der Waals surface area contributed by atoms with Gasteiger partial charge < -0.3 is 4.90 Å². The molecule has 1 N–H and O–H groups in total. The first-order valence-corrected chi connectivity index (χ1v) is 12.7. The van der Waals surface area contributed by atoms with Crippen molar-refractivity contribution in [2.45, 2.75) is 48.2 Å². The highest BCUT2D eigenvalue weighted by molar-refractivity contribution is 7.99. The second-order valence-corrected chi connectivity index (χ2v) is 10.1. The van der Waals surface area contributed by atoms with E-state index < -0.39 is 15.4 Å². The zero-order valence-corrected chi connectivity index (χ0v) is 19.2. The molecule has 4 rings (SSSR count).